The SMILES string of the molecule is CCC(=O)N1CCC(NC(=NC)NCc2ccc(Cn3ccnc3)cc2)C1. The lowest BCUT2D eigenvalue weighted by Gasteiger charge is -2.18. The lowest BCUT2D eigenvalue weighted by atomic mass is 10.1. The van der Waals surface area contributed by atoms with Crippen LogP contribution in [0.15, 0.2) is 48.0 Å². The Balaban J connectivity index is 1.46. The number of rotatable bonds is 6. The Morgan fingerprint density at radius 3 is 2.74 bits per heavy atom. The third kappa shape index (κ3) is 5.32. The van der Waals surface area contributed by atoms with Crippen molar-refractivity contribution in [2.24, 2.45) is 4.99 Å². The molecular weight excluding hydrogens is 340 g/mol. The summed E-state index contributed by atoms with van der Waals surface area (Å²) >= 11 is 0. The molecule has 1 aromatic carbocycles. The fourth-order valence-corrected chi connectivity index (χ4v) is 3.26. The third-order valence-corrected chi connectivity index (χ3v) is 4.82. The highest BCUT2D eigenvalue weighted by molar-refractivity contribution is 5.80. The van der Waals surface area contributed by atoms with E-state index in [0.29, 0.717) is 13.0 Å². The Kier molecular flexibility index (Phi) is 6.46. The maximum Gasteiger partial charge on any atom is 0.222 e. The lowest BCUT2D eigenvalue weighted by Crippen LogP contribution is -2.44. The van der Waals surface area contributed by atoms with E-state index in [1.165, 1.54) is 11.1 Å². The zero-order valence-corrected chi connectivity index (χ0v) is 16.1. The summed E-state index contributed by atoms with van der Waals surface area (Å²) in [5.41, 5.74) is 2.44. The van der Waals surface area contributed by atoms with Gasteiger partial charge in [-0.3, -0.25) is 9.79 Å². The van der Waals surface area contributed by atoms with Gasteiger partial charge in [0.15, 0.2) is 5.96 Å². The number of hydrogen-bond donors (Lipinski definition) is 2. The van der Waals surface area contributed by atoms with E-state index in [-0.39, 0.29) is 11.9 Å². The molecule has 0 saturated carbocycles. The van der Waals surface area contributed by atoms with Crippen LogP contribution >= 0.6 is 0 Å². The standard InChI is InChI=1S/C20H28N6O/c1-3-19(27)26-10-8-18(14-26)24-20(21-2)23-12-16-4-6-17(7-5-16)13-25-11-9-22-15-25/h4-7,9,11,15,18H,3,8,10,12-14H2,1-2H3,(H2,21,23,24). The van der Waals surface area contributed by atoms with Crippen molar-refractivity contribution >= 4 is 11.9 Å². The van der Waals surface area contributed by atoms with E-state index in [4.69, 9.17) is 0 Å². The minimum absolute atomic E-state index is 0.220. The molecule has 1 aliphatic heterocycles. The smallest absolute Gasteiger partial charge is 0.222 e. The molecule has 0 radical (unpaired) electrons. The Morgan fingerprint density at radius 2 is 2.07 bits per heavy atom. The average molecular weight is 368 g/mol. The second-order valence-electron chi connectivity index (χ2n) is 6.80. The Labute approximate surface area is 160 Å². The first kappa shape index (κ1) is 18.9. The number of nitrogens with zero attached hydrogens (tertiary/aromatic N) is 4. The van der Waals surface area contributed by atoms with Crippen molar-refractivity contribution in [1.29, 1.82) is 0 Å². The van der Waals surface area contributed by atoms with Crippen LogP contribution in [0, 0.1) is 0 Å². The van der Waals surface area contributed by atoms with Gasteiger partial charge in [-0.15, -0.1) is 0 Å². The Bertz CT molecular complexity index is 753. The summed E-state index contributed by atoms with van der Waals surface area (Å²) in [5.74, 6) is 0.992. The van der Waals surface area contributed by atoms with Crippen molar-refractivity contribution in [3.8, 4) is 0 Å². The molecule has 1 unspecified atom stereocenters. The lowest BCUT2D eigenvalue weighted by molar-refractivity contribution is -0.129. The molecule has 2 N–H and O–H groups in total. The summed E-state index contributed by atoms with van der Waals surface area (Å²) < 4.78 is 2.05. The summed E-state index contributed by atoms with van der Waals surface area (Å²) in [6.45, 7) is 5.00. The first-order valence-electron chi connectivity index (χ1n) is 9.46. The van der Waals surface area contributed by atoms with Crippen molar-refractivity contribution in [3.05, 3.63) is 54.1 Å². The number of nitrogens with one attached hydrogen (secondary N) is 2. The number of carbonyl (C=O) groups excluding carboxylic acids is 1. The van der Waals surface area contributed by atoms with Crippen molar-refractivity contribution in [2.45, 2.75) is 38.9 Å². The van der Waals surface area contributed by atoms with E-state index in [9.17, 15) is 4.79 Å². The molecule has 3 rings (SSSR count). The fraction of sp³-hybridized carbons (Fsp3) is 0.450. The quantitative estimate of drug-likeness (QED) is 0.600. The number of amides is 1. The molecule has 1 aromatic heterocycles. The van der Waals surface area contributed by atoms with Crippen LogP contribution in [0.25, 0.3) is 0 Å². The van der Waals surface area contributed by atoms with Gasteiger partial charge >= 0.3 is 0 Å². The molecule has 1 amide bonds. The topological polar surface area (TPSA) is 74.6 Å². The number of hydrogen-bond acceptors (Lipinski definition) is 3. The van der Waals surface area contributed by atoms with Crippen LogP contribution in [0.3, 0.4) is 0 Å². The van der Waals surface area contributed by atoms with Crippen molar-refractivity contribution in [1.82, 2.24) is 25.1 Å². The molecular formula is C20H28N6O. The zero-order chi connectivity index (χ0) is 19.1. The molecule has 1 saturated heterocycles. The third-order valence-electron chi connectivity index (χ3n) is 4.82. The number of benzene rings is 1. The largest absolute Gasteiger partial charge is 0.352 e. The van der Waals surface area contributed by atoms with Crippen LogP contribution in [0.2, 0.25) is 0 Å². The molecule has 2 heterocycles. The number of imidazole rings is 1. The van der Waals surface area contributed by atoms with E-state index in [2.05, 4.69) is 44.9 Å². The van der Waals surface area contributed by atoms with Crippen molar-refractivity contribution in [3.63, 3.8) is 0 Å². The van der Waals surface area contributed by atoms with Gasteiger partial charge in [0.1, 0.15) is 0 Å². The molecule has 1 atom stereocenters. The van der Waals surface area contributed by atoms with Crippen LogP contribution in [0.5, 0.6) is 0 Å². The average Bonchev–Trinajstić information content (AvgIpc) is 3.37. The number of aromatic nitrogens is 2. The summed E-state index contributed by atoms with van der Waals surface area (Å²) in [6.07, 6.45) is 7.09. The van der Waals surface area contributed by atoms with Crippen LogP contribution in [0.1, 0.15) is 30.9 Å². The van der Waals surface area contributed by atoms with Crippen molar-refractivity contribution < 1.29 is 4.79 Å². The molecule has 0 aliphatic carbocycles. The predicted molar refractivity (Wildman–Crippen MR) is 106 cm³/mol. The number of aliphatic imine (C=N–C) groups is 1. The highest BCUT2D eigenvalue weighted by atomic mass is 16.2. The van der Waals surface area contributed by atoms with E-state index in [0.717, 1.165) is 32.0 Å². The Hall–Kier alpha value is -2.83. The number of likely N-dealkylation sites (tertiary alicyclic amines) is 1. The van der Waals surface area contributed by atoms with Gasteiger partial charge in [0.2, 0.25) is 5.91 Å². The maximum atomic E-state index is 11.8. The molecule has 2 aromatic rings. The van der Waals surface area contributed by atoms with E-state index in [1.54, 1.807) is 13.2 Å². The van der Waals surface area contributed by atoms with E-state index < -0.39 is 0 Å². The summed E-state index contributed by atoms with van der Waals surface area (Å²) in [4.78, 5) is 22.1. The van der Waals surface area contributed by atoms with Gasteiger partial charge in [0.25, 0.3) is 0 Å². The first-order chi connectivity index (χ1) is 13.2. The van der Waals surface area contributed by atoms with Gasteiger partial charge in [0, 0.05) is 58.1 Å². The number of carbonyl (C=O) groups is 1. The van der Waals surface area contributed by atoms with E-state index in [1.807, 2.05) is 28.9 Å². The minimum atomic E-state index is 0.220. The van der Waals surface area contributed by atoms with Crippen LogP contribution in [-0.4, -0.2) is 52.5 Å². The Morgan fingerprint density at radius 1 is 1.30 bits per heavy atom. The van der Waals surface area contributed by atoms with E-state index >= 15 is 0 Å². The van der Waals surface area contributed by atoms with Crippen LogP contribution < -0.4 is 10.6 Å². The highest BCUT2D eigenvalue weighted by Crippen LogP contribution is 2.10. The predicted octanol–water partition coefficient (Wildman–Crippen LogP) is 1.61. The van der Waals surface area contributed by atoms with Gasteiger partial charge in [-0.2, -0.15) is 0 Å². The highest BCUT2D eigenvalue weighted by Gasteiger charge is 2.25. The minimum Gasteiger partial charge on any atom is -0.352 e. The molecule has 144 valence electrons. The second-order valence-corrected chi connectivity index (χ2v) is 6.80. The second kappa shape index (κ2) is 9.21. The van der Waals surface area contributed by atoms with Gasteiger partial charge < -0.3 is 20.1 Å². The fourth-order valence-electron chi connectivity index (χ4n) is 3.26. The maximum absolute atomic E-state index is 11.8. The van der Waals surface area contributed by atoms with Gasteiger partial charge in [0.05, 0.1) is 6.33 Å². The molecule has 7 heteroatoms. The van der Waals surface area contributed by atoms with Gasteiger partial charge in [-0.05, 0) is 17.5 Å². The monoisotopic (exact) mass is 368 g/mol. The van der Waals surface area contributed by atoms with Gasteiger partial charge in [-0.25, -0.2) is 4.98 Å². The van der Waals surface area contributed by atoms with Crippen LogP contribution in [0.4, 0.5) is 0 Å². The first-order valence-corrected chi connectivity index (χ1v) is 9.46. The summed E-state index contributed by atoms with van der Waals surface area (Å²) in [6, 6.07) is 8.79. The summed E-state index contributed by atoms with van der Waals surface area (Å²) in [7, 11) is 1.77. The van der Waals surface area contributed by atoms with Crippen LogP contribution in [-0.2, 0) is 17.9 Å². The molecule has 1 fully saturated rings. The van der Waals surface area contributed by atoms with Gasteiger partial charge in [-0.1, -0.05) is 31.2 Å². The molecule has 27 heavy (non-hydrogen) atoms. The molecule has 0 spiro atoms. The van der Waals surface area contributed by atoms with Crippen molar-refractivity contribution in [2.75, 3.05) is 20.1 Å². The molecule has 0 bridgehead atoms. The summed E-state index contributed by atoms with van der Waals surface area (Å²) in [5, 5.41) is 6.78. The normalized spacial score (nSPS) is 17.2. The molecule has 7 nitrogen and oxygen atoms in total. The molecule has 1 aliphatic rings. The zero-order valence-electron chi connectivity index (χ0n) is 16.1. The number of guanidine groups is 1.